The van der Waals surface area contributed by atoms with Crippen molar-refractivity contribution in [3.63, 3.8) is 0 Å². The first-order chi connectivity index (χ1) is 15.8. The van der Waals surface area contributed by atoms with Gasteiger partial charge in [-0.3, -0.25) is 19.3 Å². The zero-order chi connectivity index (χ0) is 23.3. The molecule has 0 saturated carbocycles. The molecule has 4 aromatic heterocycles. The number of sulfonamides is 1. The maximum atomic E-state index is 13.1. The van der Waals surface area contributed by atoms with Crippen LogP contribution in [-0.2, 0) is 17.1 Å². The van der Waals surface area contributed by atoms with Gasteiger partial charge < -0.3 is 4.90 Å². The fourth-order valence-electron chi connectivity index (χ4n) is 3.84. The van der Waals surface area contributed by atoms with Crippen molar-refractivity contribution >= 4 is 21.4 Å². The largest absolute Gasteiger partial charge is 0.336 e. The quantitative estimate of drug-likeness (QED) is 0.418. The van der Waals surface area contributed by atoms with Crippen molar-refractivity contribution in [3.05, 3.63) is 58.5 Å². The minimum Gasteiger partial charge on any atom is -0.336 e. The second-order valence-corrected chi connectivity index (χ2v) is 9.66. The van der Waals surface area contributed by atoms with Crippen LogP contribution in [-0.4, -0.2) is 83.9 Å². The summed E-state index contributed by atoms with van der Waals surface area (Å²) < 4.78 is 31.2. The smallest absolute Gasteiger partial charge is 0.276 e. The van der Waals surface area contributed by atoms with Gasteiger partial charge in [-0.25, -0.2) is 17.6 Å². The molecule has 1 saturated heterocycles. The lowest BCUT2D eigenvalue weighted by Crippen LogP contribution is -2.50. The van der Waals surface area contributed by atoms with Gasteiger partial charge >= 0.3 is 0 Å². The minimum atomic E-state index is -3.66. The summed E-state index contributed by atoms with van der Waals surface area (Å²) in [4.78, 5) is 29.8. The van der Waals surface area contributed by atoms with Crippen molar-refractivity contribution < 1.29 is 13.2 Å². The first-order valence-electron chi connectivity index (χ1n) is 10.2. The monoisotopic (exact) mass is 471 g/mol. The highest BCUT2D eigenvalue weighted by molar-refractivity contribution is 7.89. The number of carbonyl (C=O) groups excluding carboxylic acids is 1. The Morgan fingerprint density at radius 1 is 1.12 bits per heavy atom. The Hall–Kier alpha value is -3.78. The van der Waals surface area contributed by atoms with Crippen LogP contribution in [0.25, 0.3) is 11.5 Å². The number of piperazine rings is 1. The summed E-state index contributed by atoms with van der Waals surface area (Å²) in [6, 6.07) is 3.36. The maximum absolute atomic E-state index is 13.1. The van der Waals surface area contributed by atoms with Crippen LogP contribution in [0.1, 0.15) is 16.1 Å². The van der Waals surface area contributed by atoms with Crippen molar-refractivity contribution in [1.82, 2.24) is 43.4 Å². The number of aryl methyl sites for hydroxylation is 1. The van der Waals surface area contributed by atoms with Gasteiger partial charge in [-0.15, -0.1) is 5.10 Å². The average molecular weight is 472 g/mol. The third kappa shape index (κ3) is 3.52. The Balaban J connectivity index is 1.34. The molecule has 0 unspecified atom stereocenters. The van der Waals surface area contributed by atoms with Crippen molar-refractivity contribution in [2.45, 2.75) is 11.8 Å². The van der Waals surface area contributed by atoms with E-state index in [0.717, 1.165) is 0 Å². The summed E-state index contributed by atoms with van der Waals surface area (Å²) >= 11 is 0. The van der Waals surface area contributed by atoms with E-state index in [1.165, 1.54) is 36.8 Å². The summed E-state index contributed by atoms with van der Waals surface area (Å²) in [7, 11) is -2.01. The van der Waals surface area contributed by atoms with Crippen molar-refractivity contribution in [3.8, 4) is 5.95 Å². The van der Waals surface area contributed by atoms with Gasteiger partial charge in [-0.2, -0.15) is 14.5 Å². The van der Waals surface area contributed by atoms with Gasteiger partial charge in [0.15, 0.2) is 0 Å². The lowest BCUT2D eigenvalue weighted by molar-refractivity contribution is 0.0697. The molecule has 5 rings (SSSR count). The highest BCUT2D eigenvalue weighted by Gasteiger charge is 2.32. The molecule has 33 heavy (non-hydrogen) atoms. The van der Waals surface area contributed by atoms with Gasteiger partial charge in [-0.05, 0) is 19.1 Å². The van der Waals surface area contributed by atoms with E-state index in [4.69, 9.17) is 0 Å². The number of aromatic nitrogens is 7. The van der Waals surface area contributed by atoms with Crippen LogP contribution in [0.5, 0.6) is 0 Å². The van der Waals surface area contributed by atoms with Crippen LogP contribution in [0.3, 0.4) is 0 Å². The second-order valence-electron chi connectivity index (χ2n) is 7.72. The Morgan fingerprint density at radius 2 is 1.88 bits per heavy atom. The van der Waals surface area contributed by atoms with E-state index in [-0.39, 0.29) is 48.5 Å². The van der Waals surface area contributed by atoms with Crippen LogP contribution in [0.2, 0.25) is 0 Å². The number of fused-ring (bicyclic) bond motifs is 1. The summed E-state index contributed by atoms with van der Waals surface area (Å²) in [5.74, 6) is -0.0748. The molecule has 1 amide bonds. The number of hydrogen-bond donors (Lipinski definition) is 1. The van der Waals surface area contributed by atoms with Crippen LogP contribution < -0.4 is 5.56 Å². The number of rotatable bonds is 4. The normalized spacial score (nSPS) is 15.4. The average Bonchev–Trinajstić information content (AvgIpc) is 3.53. The number of hydrogen-bond acceptors (Lipinski definition) is 7. The fourth-order valence-corrected chi connectivity index (χ4v) is 5.25. The summed E-state index contributed by atoms with van der Waals surface area (Å²) in [5.41, 5.74) is 0.951. The zero-order valence-corrected chi connectivity index (χ0v) is 18.7. The molecule has 0 bridgehead atoms. The standard InChI is InChI=1S/C19H21N9O4S/c1-13-15(11-21-28(13)19-22-17(29)16-4-3-5-27(16)23-19)18(30)25-6-8-26(9-7-25)33(31,32)14-10-20-24(2)12-14/h3-5,10-12H,6-9H2,1-2H3,(H,22,23,29). The van der Waals surface area contributed by atoms with Crippen molar-refractivity contribution in [2.75, 3.05) is 26.2 Å². The molecule has 13 nitrogen and oxygen atoms in total. The predicted molar refractivity (Wildman–Crippen MR) is 116 cm³/mol. The second kappa shape index (κ2) is 7.67. The molecule has 0 atom stereocenters. The molecule has 1 aliphatic rings. The number of nitrogens with zero attached hydrogens (tertiary/aromatic N) is 8. The van der Waals surface area contributed by atoms with Crippen LogP contribution >= 0.6 is 0 Å². The molecule has 1 fully saturated rings. The van der Waals surface area contributed by atoms with E-state index in [9.17, 15) is 18.0 Å². The number of carbonyl (C=O) groups is 1. The van der Waals surface area contributed by atoms with Gasteiger partial charge in [0.25, 0.3) is 11.5 Å². The predicted octanol–water partition coefficient (Wildman–Crippen LogP) is -0.603. The molecule has 1 aliphatic heterocycles. The lowest BCUT2D eigenvalue weighted by Gasteiger charge is -2.33. The Morgan fingerprint density at radius 3 is 2.58 bits per heavy atom. The Kier molecular flexibility index (Phi) is 4.90. The highest BCUT2D eigenvalue weighted by Crippen LogP contribution is 2.19. The van der Waals surface area contributed by atoms with Crippen molar-refractivity contribution in [1.29, 1.82) is 0 Å². The molecule has 1 N–H and O–H groups in total. The van der Waals surface area contributed by atoms with E-state index in [0.29, 0.717) is 16.8 Å². The van der Waals surface area contributed by atoms with Crippen LogP contribution in [0.4, 0.5) is 0 Å². The summed E-state index contributed by atoms with van der Waals surface area (Å²) in [6.07, 6.45) is 5.84. The number of H-pyrrole nitrogens is 1. The molecule has 0 aromatic carbocycles. The maximum Gasteiger partial charge on any atom is 0.276 e. The summed E-state index contributed by atoms with van der Waals surface area (Å²) in [5, 5.41) is 12.5. The van der Waals surface area contributed by atoms with Gasteiger partial charge in [0, 0.05) is 45.6 Å². The fraction of sp³-hybridized carbons (Fsp3) is 0.316. The van der Waals surface area contributed by atoms with E-state index in [2.05, 4.69) is 20.3 Å². The zero-order valence-electron chi connectivity index (χ0n) is 17.9. The first-order valence-corrected chi connectivity index (χ1v) is 11.6. The van der Waals surface area contributed by atoms with E-state index < -0.39 is 10.0 Å². The van der Waals surface area contributed by atoms with E-state index in [1.54, 1.807) is 37.2 Å². The molecule has 0 aliphatic carbocycles. The molecular formula is C19H21N9O4S. The van der Waals surface area contributed by atoms with Gasteiger partial charge in [0.2, 0.25) is 16.0 Å². The van der Waals surface area contributed by atoms with Crippen LogP contribution in [0, 0.1) is 6.92 Å². The molecule has 4 aromatic rings. The van der Waals surface area contributed by atoms with Crippen molar-refractivity contribution in [2.24, 2.45) is 7.05 Å². The molecule has 0 spiro atoms. The lowest BCUT2D eigenvalue weighted by atomic mass is 10.2. The molecule has 0 radical (unpaired) electrons. The first kappa shape index (κ1) is 21.1. The molecule has 172 valence electrons. The third-order valence-corrected chi connectivity index (χ3v) is 7.53. The number of amides is 1. The highest BCUT2D eigenvalue weighted by atomic mass is 32.2. The Labute approximate surface area is 187 Å². The van der Waals surface area contributed by atoms with Gasteiger partial charge in [0.05, 0.1) is 23.7 Å². The minimum absolute atomic E-state index is 0.128. The number of aromatic amines is 1. The van der Waals surface area contributed by atoms with E-state index in [1.807, 2.05) is 0 Å². The molecule has 5 heterocycles. The third-order valence-electron chi connectivity index (χ3n) is 5.67. The SMILES string of the molecule is Cc1c(C(=O)N2CCN(S(=O)(=O)c3cnn(C)c3)CC2)cnn1-c1nn2cccc2c(=O)[nH]1. The molecule has 14 heteroatoms. The topological polar surface area (TPSA) is 143 Å². The summed E-state index contributed by atoms with van der Waals surface area (Å²) in [6.45, 7) is 2.55. The van der Waals surface area contributed by atoms with Gasteiger partial charge in [-0.1, -0.05) is 0 Å². The van der Waals surface area contributed by atoms with Gasteiger partial charge in [0.1, 0.15) is 10.4 Å². The molecular weight excluding hydrogens is 450 g/mol. The Bertz CT molecular complexity index is 1520. The van der Waals surface area contributed by atoms with E-state index >= 15 is 0 Å². The number of nitrogens with one attached hydrogen (secondary N) is 1. The van der Waals surface area contributed by atoms with Crippen LogP contribution in [0.15, 0.2) is 46.6 Å².